The summed E-state index contributed by atoms with van der Waals surface area (Å²) in [7, 11) is 0. The van der Waals surface area contributed by atoms with Crippen LogP contribution in [0.5, 0.6) is 5.75 Å². The maximum Gasteiger partial charge on any atom is 0.138 e. The quantitative estimate of drug-likeness (QED) is 0.829. The van der Waals surface area contributed by atoms with Crippen LogP contribution in [-0.2, 0) is 0 Å². The molecule has 2 N–H and O–H groups in total. The molecule has 1 heterocycles. The van der Waals surface area contributed by atoms with Crippen LogP contribution < -0.4 is 10.5 Å². The van der Waals surface area contributed by atoms with Crippen LogP contribution in [0, 0.1) is 0 Å². The van der Waals surface area contributed by atoms with E-state index in [1.807, 2.05) is 26.1 Å². The van der Waals surface area contributed by atoms with Crippen molar-refractivity contribution in [3.05, 3.63) is 30.1 Å². The number of ether oxygens (including phenoxy) is 1. The lowest BCUT2D eigenvalue weighted by Crippen LogP contribution is -2.05. The van der Waals surface area contributed by atoms with E-state index >= 15 is 0 Å². The summed E-state index contributed by atoms with van der Waals surface area (Å²) >= 11 is 0. The lowest BCUT2D eigenvalue weighted by atomic mass is 10.1. The molecule has 0 saturated carbocycles. The van der Waals surface area contributed by atoms with Gasteiger partial charge in [0, 0.05) is 6.20 Å². The Bertz CT molecular complexity index is 359. The van der Waals surface area contributed by atoms with E-state index in [1.54, 1.807) is 6.20 Å². The first kappa shape index (κ1) is 12.7. The van der Waals surface area contributed by atoms with E-state index in [9.17, 15) is 0 Å². The molecule has 1 aromatic heterocycles. The van der Waals surface area contributed by atoms with Crippen molar-refractivity contribution in [3.8, 4) is 5.75 Å². The van der Waals surface area contributed by atoms with Crippen LogP contribution in [0.15, 0.2) is 24.5 Å². The van der Waals surface area contributed by atoms with Crippen molar-refractivity contribution >= 4 is 5.57 Å². The molecule has 1 rings (SSSR count). The van der Waals surface area contributed by atoms with E-state index in [-0.39, 0.29) is 6.10 Å². The Hall–Kier alpha value is -1.35. The van der Waals surface area contributed by atoms with Crippen LogP contribution in [0.3, 0.4) is 0 Å². The van der Waals surface area contributed by atoms with Crippen molar-refractivity contribution < 1.29 is 4.74 Å². The van der Waals surface area contributed by atoms with Crippen molar-refractivity contribution in [2.75, 3.05) is 6.54 Å². The summed E-state index contributed by atoms with van der Waals surface area (Å²) in [4.78, 5) is 4.17. The molecule has 0 aliphatic rings. The summed E-state index contributed by atoms with van der Waals surface area (Å²) in [5.41, 5.74) is 7.74. The summed E-state index contributed by atoms with van der Waals surface area (Å²) in [5, 5.41) is 0. The molecule has 0 saturated heterocycles. The van der Waals surface area contributed by atoms with Crippen LogP contribution in [0.2, 0.25) is 0 Å². The zero-order chi connectivity index (χ0) is 12.0. The molecule has 0 aromatic carbocycles. The van der Waals surface area contributed by atoms with Crippen molar-refractivity contribution in [1.82, 2.24) is 4.98 Å². The molecule has 0 amide bonds. The van der Waals surface area contributed by atoms with Crippen LogP contribution in [0.1, 0.15) is 32.8 Å². The van der Waals surface area contributed by atoms with E-state index in [1.165, 1.54) is 5.57 Å². The number of hydrogen-bond acceptors (Lipinski definition) is 3. The summed E-state index contributed by atoms with van der Waals surface area (Å²) in [6.45, 7) is 6.74. The second-order valence-electron chi connectivity index (χ2n) is 4.04. The van der Waals surface area contributed by atoms with Gasteiger partial charge >= 0.3 is 0 Å². The van der Waals surface area contributed by atoms with Gasteiger partial charge in [-0.15, -0.1) is 0 Å². The Morgan fingerprint density at radius 2 is 2.25 bits per heavy atom. The zero-order valence-electron chi connectivity index (χ0n) is 10.2. The first-order valence-corrected chi connectivity index (χ1v) is 5.62. The van der Waals surface area contributed by atoms with Crippen molar-refractivity contribution in [2.24, 2.45) is 5.73 Å². The van der Waals surface area contributed by atoms with Crippen LogP contribution in [0.4, 0.5) is 0 Å². The second kappa shape index (κ2) is 6.28. The third kappa shape index (κ3) is 4.03. The Morgan fingerprint density at radius 1 is 1.50 bits per heavy atom. The Balaban J connectivity index is 2.81. The number of aromatic nitrogens is 1. The first-order chi connectivity index (χ1) is 7.63. The monoisotopic (exact) mass is 220 g/mol. The molecule has 0 aliphatic carbocycles. The Kier molecular flexibility index (Phi) is 4.99. The molecule has 16 heavy (non-hydrogen) atoms. The number of nitrogens with two attached hydrogens (primary N) is 1. The minimum atomic E-state index is 0.172. The Morgan fingerprint density at radius 3 is 2.88 bits per heavy atom. The maximum atomic E-state index is 5.60. The van der Waals surface area contributed by atoms with Gasteiger partial charge in [-0.05, 0) is 50.9 Å². The molecule has 3 nitrogen and oxygen atoms in total. The van der Waals surface area contributed by atoms with Gasteiger partial charge in [-0.25, -0.2) is 0 Å². The molecular formula is C13H20N2O. The molecule has 0 spiro atoms. The number of allylic oxidation sites excluding steroid dienone is 1. The number of rotatable bonds is 5. The van der Waals surface area contributed by atoms with Crippen LogP contribution in [0.25, 0.3) is 5.57 Å². The Labute approximate surface area is 97.3 Å². The average molecular weight is 220 g/mol. The SMILES string of the molecule is C/C(=C\CCN)c1cncc(OC(C)C)c1. The predicted molar refractivity (Wildman–Crippen MR) is 67.3 cm³/mol. The van der Waals surface area contributed by atoms with E-state index in [0.717, 1.165) is 17.7 Å². The minimum Gasteiger partial charge on any atom is -0.489 e. The van der Waals surface area contributed by atoms with Crippen LogP contribution >= 0.6 is 0 Å². The molecule has 0 aliphatic heterocycles. The highest BCUT2D eigenvalue weighted by molar-refractivity contribution is 5.63. The van der Waals surface area contributed by atoms with E-state index in [0.29, 0.717) is 6.54 Å². The summed E-state index contributed by atoms with van der Waals surface area (Å²) in [6.07, 6.45) is 6.76. The highest BCUT2D eigenvalue weighted by Crippen LogP contribution is 2.19. The number of pyridine rings is 1. The smallest absolute Gasteiger partial charge is 0.138 e. The van der Waals surface area contributed by atoms with Crippen molar-refractivity contribution in [3.63, 3.8) is 0 Å². The fraction of sp³-hybridized carbons (Fsp3) is 0.462. The molecule has 0 bridgehead atoms. The maximum absolute atomic E-state index is 5.60. The largest absolute Gasteiger partial charge is 0.489 e. The minimum absolute atomic E-state index is 0.172. The molecule has 1 aromatic rings. The van der Waals surface area contributed by atoms with Gasteiger partial charge in [-0.2, -0.15) is 0 Å². The lowest BCUT2D eigenvalue weighted by molar-refractivity contribution is 0.241. The third-order valence-corrected chi connectivity index (χ3v) is 2.16. The van der Waals surface area contributed by atoms with Gasteiger partial charge in [0.25, 0.3) is 0 Å². The molecule has 88 valence electrons. The van der Waals surface area contributed by atoms with Gasteiger partial charge < -0.3 is 10.5 Å². The van der Waals surface area contributed by atoms with E-state index < -0.39 is 0 Å². The molecular weight excluding hydrogens is 200 g/mol. The molecule has 0 unspecified atom stereocenters. The highest BCUT2D eigenvalue weighted by Gasteiger charge is 2.01. The van der Waals surface area contributed by atoms with Gasteiger partial charge in [0.05, 0.1) is 12.3 Å². The fourth-order valence-electron chi connectivity index (χ4n) is 1.39. The van der Waals surface area contributed by atoms with Gasteiger partial charge in [0.2, 0.25) is 0 Å². The predicted octanol–water partition coefficient (Wildman–Crippen LogP) is 2.62. The summed E-state index contributed by atoms with van der Waals surface area (Å²) < 4.78 is 5.60. The number of hydrogen-bond donors (Lipinski definition) is 1. The third-order valence-electron chi connectivity index (χ3n) is 2.16. The fourth-order valence-corrected chi connectivity index (χ4v) is 1.39. The highest BCUT2D eigenvalue weighted by atomic mass is 16.5. The van der Waals surface area contributed by atoms with Crippen LogP contribution in [-0.4, -0.2) is 17.6 Å². The standard InChI is InChI=1S/C13H20N2O/c1-10(2)16-13-7-12(8-15-9-13)11(3)5-4-6-14/h5,7-10H,4,6,14H2,1-3H3/b11-5+. The van der Waals surface area contributed by atoms with Gasteiger partial charge in [0.15, 0.2) is 0 Å². The second-order valence-corrected chi connectivity index (χ2v) is 4.04. The first-order valence-electron chi connectivity index (χ1n) is 5.62. The zero-order valence-corrected chi connectivity index (χ0v) is 10.2. The number of nitrogens with zero attached hydrogens (tertiary/aromatic N) is 1. The van der Waals surface area contributed by atoms with Gasteiger partial charge in [-0.1, -0.05) is 6.08 Å². The summed E-state index contributed by atoms with van der Waals surface area (Å²) in [6, 6.07) is 2.01. The molecule has 0 atom stereocenters. The molecule has 0 fully saturated rings. The lowest BCUT2D eigenvalue weighted by Gasteiger charge is -2.10. The normalized spacial score (nSPS) is 11.9. The van der Waals surface area contributed by atoms with Gasteiger partial charge in [-0.3, -0.25) is 4.98 Å². The molecule has 3 heteroatoms. The van der Waals surface area contributed by atoms with Crippen molar-refractivity contribution in [1.29, 1.82) is 0 Å². The van der Waals surface area contributed by atoms with E-state index in [4.69, 9.17) is 10.5 Å². The van der Waals surface area contributed by atoms with Gasteiger partial charge in [0.1, 0.15) is 5.75 Å². The van der Waals surface area contributed by atoms with E-state index in [2.05, 4.69) is 18.0 Å². The summed E-state index contributed by atoms with van der Waals surface area (Å²) in [5.74, 6) is 0.813. The average Bonchev–Trinajstić information content (AvgIpc) is 2.25. The van der Waals surface area contributed by atoms with Crippen molar-refractivity contribution in [2.45, 2.75) is 33.3 Å². The topological polar surface area (TPSA) is 48.1 Å². The molecule has 0 radical (unpaired) electrons.